The average molecular weight is 923 g/mol. The third kappa shape index (κ3) is 9.73. The molecule has 2 amide bonds. The predicted octanol–water partition coefficient (Wildman–Crippen LogP) is 15.3. The number of nitrogens with one attached hydrogen (secondary N) is 2. The van der Waals surface area contributed by atoms with Crippen LogP contribution in [0.15, 0.2) is 279 Å². The summed E-state index contributed by atoms with van der Waals surface area (Å²) in [5.74, 6) is 0.845. The first-order chi connectivity index (χ1) is 35.0. The van der Waals surface area contributed by atoms with E-state index in [0.717, 1.165) is 55.6 Å². The molecule has 0 radical (unpaired) electrons. The zero-order valence-corrected chi connectivity index (χ0v) is 38.9. The summed E-state index contributed by atoms with van der Waals surface area (Å²) in [6.45, 7) is 0. The Morgan fingerprint density at radius 3 is 0.746 bits per heavy atom. The highest BCUT2D eigenvalue weighted by atomic mass is 16.6. The van der Waals surface area contributed by atoms with Gasteiger partial charge in [0.1, 0.15) is 11.5 Å². The first-order valence-electron chi connectivity index (χ1n) is 23.7. The molecule has 0 aliphatic heterocycles. The van der Waals surface area contributed by atoms with E-state index < -0.39 is 23.0 Å². The van der Waals surface area contributed by atoms with Crippen LogP contribution in [-0.4, -0.2) is 12.2 Å². The molecule has 6 heteroatoms. The smallest absolute Gasteiger partial charge is 0.410 e. The van der Waals surface area contributed by atoms with Crippen LogP contribution in [0.5, 0.6) is 11.5 Å². The van der Waals surface area contributed by atoms with Crippen LogP contribution in [0, 0.1) is 0 Å². The molecule has 0 atom stereocenters. The zero-order chi connectivity index (χ0) is 48.3. The highest BCUT2D eigenvalue weighted by Crippen LogP contribution is 2.47. The van der Waals surface area contributed by atoms with Crippen molar-refractivity contribution in [1.29, 1.82) is 0 Å². The molecular weight excluding hydrogens is 873 g/mol. The van der Waals surface area contributed by atoms with E-state index in [4.69, 9.17) is 9.47 Å². The van der Waals surface area contributed by atoms with E-state index in [2.05, 4.69) is 180 Å². The highest BCUT2D eigenvalue weighted by Gasteiger charge is 2.39. The average Bonchev–Trinajstić information content (AvgIpc) is 3.43. The molecule has 71 heavy (non-hydrogen) atoms. The van der Waals surface area contributed by atoms with Gasteiger partial charge in [-0.1, -0.05) is 231 Å². The van der Waals surface area contributed by atoms with Crippen LogP contribution in [0.25, 0.3) is 0 Å². The van der Waals surface area contributed by atoms with Crippen LogP contribution in [0.2, 0.25) is 0 Å². The Hall–Kier alpha value is -9.26. The Bertz CT molecular complexity index is 2880. The van der Waals surface area contributed by atoms with Gasteiger partial charge >= 0.3 is 12.2 Å². The van der Waals surface area contributed by atoms with Crippen molar-refractivity contribution < 1.29 is 19.1 Å². The number of hydrogen-bond donors (Lipinski definition) is 2. The second-order valence-corrected chi connectivity index (χ2v) is 17.3. The van der Waals surface area contributed by atoms with Gasteiger partial charge in [-0.15, -0.1) is 0 Å². The standard InChI is InChI=1S/C65H50N2O4/c68-62(66-58-39-35-56(36-40-58)64(50-19-7-1-8-20-50,51-21-9-2-10-22-51)52-23-11-3-12-24-52)70-60-43-31-48(32-44-60)47-49-33-45-61(46-34-49)71-63(69)67-59-41-37-57(38-42-59)65(53-25-13-4-14-26-53,54-27-15-5-16-28-54)55-29-17-6-18-30-55/h1-46H,47H2,(H,66,68)(H,67,69). The second-order valence-electron chi connectivity index (χ2n) is 17.3. The summed E-state index contributed by atoms with van der Waals surface area (Å²) in [6.07, 6.45) is -0.539. The molecule has 10 aromatic carbocycles. The highest BCUT2D eigenvalue weighted by molar-refractivity contribution is 5.87. The van der Waals surface area contributed by atoms with Gasteiger partial charge in [0.2, 0.25) is 0 Å². The Morgan fingerprint density at radius 1 is 0.282 bits per heavy atom. The minimum absolute atomic E-state index is 0.423. The second kappa shape index (κ2) is 20.9. The van der Waals surface area contributed by atoms with E-state index in [1.807, 2.05) is 84.9 Å². The third-order valence-corrected chi connectivity index (χ3v) is 13.0. The lowest BCUT2D eigenvalue weighted by Crippen LogP contribution is -2.31. The van der Waals surface area contributed by atoms with E-state index in [0.29, 0.717) is 29.3 Å². The zero-order valence-electron chi connectivity index (χ0n) is 38.9. The molecule has 0 aliphatic carbocycles. The van der Waals surface area contributed by atoms with Crippen molar-refractivity contribution in [1.82, 2.24) is 0 Å². The number of rotatable bonds is 14. The molecule has 2 N–H and O–H groups in total. The van der Waals surface area contributed by atoms with Crippen molar-refractivity contribution in [3.05, 3.63) is 335 Å². The Kier molecular flexibility index (Phi) is 13.4. The monoisotopic (exact) mass is 922 g/mol. The van der Waals surface area contributed by atoms with Gasteiger partial charge in [-0.05, 0) is 111 Å². The Labute approximate surface area is 414 Å². The normalized spacial score (nSPS) is 11.3. The predicted molar refractivity (Wildman–Crippen MR) is 284 cm³/mol. The summed E-state index contributed by atoms with van der Waals surface area (Å²) in [4.78, 5) is 26.3. The molecule has 0 aliphatic rings. The van der Waals surface area contributed by atoms with E-state index in [1.54, 1.807) is 24.3 Å². The van der Waals surface area contributed by atoms with Crippen molar-refractivity contribution in [3.8, 4) is 11.5 Å². The summed E-state index contributed by atoms with van der Waals surface area (Å²) in [6, 6.07) is 93.8. The van der Waals surface area contributed by atoms with Gasteiger partial charge in [-0.25, -0.2) is 9.59 Å². The molecule has 344 valence electrons. The van der Waals surface area contributed by atoms with Gasteiger partial charge in [-0.2, -0.15) is 0 Å². The lowest BCUT2D eigenvalue weighted by atomic mass is 9.65. The number of amides is 2. The number of carbonyl (C=O) groups is 2. The molecule has 0 aromatic heterocycles. The number of ether oxygens (including phenoxy) is 2. The summed E-state index contributed by atoms with van der Waals surface area (Å²) >= 11 is 0. The molecule has 0 spiro atoms. The SMILES string of the molecule is O=C(Nc1ccc(C(c2ccccc2)(c2ccccc2)c2ccccc2)cc1)Oc1ccc(Cc2ccc(OC(=O)Nc3ccc(C(c4ccccc4)(c4ccccc4)c4ccccc4)cc3)cc2)cc1. The maximum absolute atomic E-state index is 13.1. The van der Waals surface area contributed by atoms with E-state index in [9.17, 15) is 9.59 Å². The van der Waals surface area contributed by atoms with E-state index in [-0.39, 0.29) is 0 Å². The summed E-state index contributed by atoms with van der Waals surface area (Å²) in [5.41, 5.74) is 11.1. The first-order valence-corrected chi connectivity index (χ1v) is 23.7. The molecule has 10 aromatic rings. The van der Waals surface area contributed by atoms with Gasteiger partial charge in [0.25, 0.3) is 0 Å². The van der Waals surface area contributed by atoms with Gasteiger partial charge in [0.15, 0.2) is 0 Å². The number of hydrogen-bond acceptors (Lipinski definition) is 4. The summed E-state index contributed by atoms with van der Waals surface area (Å²) in [5, 5.41) is 5.80. The van der Waals surface area contributed by atoms with E-state index in [1.165, 1.54) is 0 Å². The van der Waals surface area contributed by atoms with Crippen molar-refractivity contribution in [2.24, 2.45) is 0 Å². The maximum Gasteiger partial charge on any atom is 0.417 e. The van der Waals surface area contributed by atoms with Gasteiger partial charge in [0.05, 0.1) is 10.8 Å². The Morgan fingerprint density at radius 2 is 0.507 bits per heavy atom. The van der Waals surface area contributed by atoms with Crippen LogP contribution >= 0.6 is 0 Å². The van der Waals surface area contributed by atoms with Crippen LogP contribution in [0.3, 0.4) is 0 Å². The fourth-order valence-electron chi connectivity index (χ4n) is 9.82. The molecule has 0 bridgehead atoms. The largest absolute Gasteiger partial charge is 0.417 e. The summed E-state index contributed by atoms with van der Waals surface area (Å²) in [7, 11) is 0. The van der Waals surface area contributed by atoms with Crippen LogP contribution in [-0.2, 0) is 17.3 Å². The lowest BCUT2D eigenvalue weighted by Gasteiger charge is -2.37. The first kappa shape index (κ1) is 45.5. The van der Waals surface area contributed by atoms with E-state index >= 15 is 0 Å². The molecule has 0 unspecified atom stereocenters. The molecule has 0 fully saturated rings. The lowest BCUT2D eigenvalue weighted by molar-refractivity contribution is 0.214. The molecule has 0 saturated carbocycles. The molecule has 10 rings (SSSR count). The van der Waals surface area contributed by atoms with Gasteiger partial charge < -0.3 is 9.47 Å². The van der Waals surface area contributed by atoms with Crippen molar-refractivity contribution in [2.45, 2.75) is 17.3 Å². The third-order valence-electron chi connectivity index (χ3n) is 13.0. The van der Waals surface area contributed by atoms with Gasteiger partial charge in [-0.3, -0.25) is 10.6 Å². The fourth-order valence-corrected chi connectivity index (χ4v) is 9.82. The quantitative estimate of drug-likeness (QED) is 0.107. The van der Waals surface area contributed by atoms with Crippen LogP contribution in [0.4, 0.5) is 21.0 Å². The van der Waals surface area contributed by atoms with Crippen LogP contribution < -0.4 is 20.1 Å². The number of carbonyl (C=O) groups excluding carboxylic acids is 2. The number of anilines is 2. The van der Waals surface area contributed by atoms with Crippen molar-refractivity contribution in [2.75, 3.05) is 10.6 Å². The van der Waals surface area contributed by atoms with Crippen molar-refractivity contribution in [3.63, 3.8) is 0 Å². The minimum atomic E-state index is -0.586. The topological polar surface area (TPSA) is 76.7 Å². The van der Waals surface area contributed by atoms with Crippen LogP contribution in [0.1, 0.15) is 55.6 Å². The minimum Gasteiger partial charge on any atom is -0.410 e. The van der Waals surface area contributed by atoms with Crippen molar-refractivity contribution >= 4 is 23.6 Å². The molecule has 6 nitrogen and oxygen atoms in total. The van der Waals surface area contributed by atoms with Gasteiger partial charge in [0, 0.05) is 11.4 Å². The maximum atomic E-state index is 13.1. The Balaban J connectivity index is 0.757. The summed E-state index contributed by atoms with van der Waals surface area (Å²) < 4.78 is 11.4. The number of benzene rings is 10. The molecule has 0 heterocycles. The molecular formula is C65H50N2O4. The molecule has 0 saturated heterocycles. The fraction of sp³-hybridized carbons (Fsp3) is 0.0462.